The molecule has 1 aromatic carbocycles. The molecule has 1 N–H and O–H groups in total. The van der Waals surface area contributed by atoms with Crippen molar-refractivity contribution in [1.29, 1.82) is 0 Å². The Bertz CT molecular complexity index is 576. The molecule has 118 valence electrons. The van der Waals surface area contributed by atoms with E-state index in [2.05, 4.69) is 16.9 Å². The quantitative estimate of drug-likeness (QED) is 0.757. The van der Waals surface area contributed by atoms with Crippen LogP contribution in [0, 0.1) is 0 Å². The number of rotatable bonds is 8. The largest absolute Gasteiger partial charge is 0.493 e. The Morgan fingerprint density at radius 1 is 1.18 bits per heavy atom. The Kier molecular flexibility index (Phi) is 8.04. The minimum Gasteiger partial charge on any atom is -0.493 e. The monoisotopic (exact) mass is 320 g/mol. The van der Waals surface area contributed by atoms with Crippen LogP contribution in [0.2, 0.25) is 0 Å². The van der Waals surface area contributed by atoms with Crippen molar-refractivity contribution in [2.75, 3.05) is 13.7 Å². The number of methoxy groups -OCH3 is 1. The van der Waals surface area contributed by atoms with Gasteiger partial charge in [-0.1, -0.05) is 24.8 Å². The molecule has 0 spiro atoms. The molecule has 5 heteroatoms. The van der Waals surface area contributed by atoms with Crippen molar-refractivity contribution in [1.82, 2.24) is 10.3 Å². The van der Waals surface area contributed by atoms with E-state index in [-0.39, 0.29) is 12.4 Å². The first-order valence-corrected chi connectivity index (χ1v) is 6.84. The number of ether oxygens (including phenoxy) is 2. The Labute approximate surface area is 137 Å². The summed E-state index contributed by atoms with van der Waals surface area (Å²) in [4.78, 5) is 4.27. The van der Waals surface area contributed by atoms with Crippen LogP contribution in [0.15, 0.2) is 55.3 Å². The highest BCUT2D eigenvalue weighted by Gasteiger charge is 2.05. The normalized spacial score (nSPS) is 9.68. The molecule has 1 aromatic heterocycles. The standard InChI is InChI=1S/C17H20N2O2.ClH/c1-3-10-21-16-8-7-14(11-17(16)20-2)12-18-13-15-6-4-5-9-19-15;/h3-9,11,18H,1,10,12-13H2,2H3;1H. The third kappa shape index (κ3) is 5.39. The second kappa shape index (κ2) is 9.82. The van der Waals surface area contributed by atoms with E-state index in [0.29, 0.717) is 6.61 Å². The van der Waals surface area contributed by atoms with Gasteiger partial charge in [0.25, 0.3) is 0 Å². The molecule has 0 radical (unpaired) electrons. The van der Waals surface area contributed by atoms with Crippen molar-refractivity contribution in [3.8, 4) is 11.5 Å². The molecule has 4 nitrogen and oxygen atoms in total. The summed E-state index contributed by atoms with van der Waals surface area (Å²) in [7, 11) is 1.64. The van der Waals surface area contributed by atoms with Crippen LogP contribution in [0.25, 0.3) is 0 Å². The maximum absolute atomic E-state index is 5.53. The van der Waals surface area contributed by atoms with Gasteiger partial charge in [-0.25, -0.2) is 0 Å². The Morgan fingerprint density at radius 2 is 2.05 bits per heavy atom. The minimum absolute atomic E-state index is 0. The van der Waals surface area contributed by atoms with Crippen LogP contribution >= 0.6 is 12.4 Å². The van der Waals surface area contributed by atoms with Gasteiger partial charge in [0, 0.05) is 19.3 Å². The van der Waals surface area contributed by atoms with E-state index in [0.717, 1.165) is 35.8 Å². The highest BCUT2D eigenvalue weighted by molar-refractivity contribution is 5.85. The number of aromatic nitrogens is 1. The number of hydrogen-bond acceptors (Lipinski definition) is 4. The molecule has 0 aliphatic heterocycles. The molecule has 0 bridgehead atoms. The third-order valence-corrected chi connectivity index (χ3v) is 2.95. The van der Waals surface area contributed by atoms with E-state index in [1.165, 1.54) is 0 Å². The zero-order valence-electron chi connectivity index (χ0n) is 12.6. The van der Waals surface area contributed by atoms with Gasteiger partial charge in [-0.3, -0.25) is 4.98 Å². The van der Waals surface area contributed by atoms with Gasteiger partial charge in [-0.05, 0) is 29.8 Å². The summed E-state index contributed by atoms with van der Waals surface area (Å²) in [5, 5.41) is 3.36. The molecule has 0 aliphatic carbocycles. The molecule has 2 rings (SSSR count). The lowest BCUT2D eigenvalue weighted by molar-refractivity contribution is 0.326. The molecule has 0 fully saturated rings. The van der Waals surface area contributed by atoms with Crippen LogP contribution in [0.1, 0.15) is 11.3 Å². The predicted octanol–water partition coefficient (Wildman–Crippen LogP) is 3.37. The van der Waals surface area contributed by atoms with E-state index in [9.17, 15) is 0 Å². The summed E-state index contributed by atoms with van der Waals surface area (Å²) >= 11 is 0. The first-order valence-electron chi connectivity index (χ1n) is 6.84. The van der Waals surface area contributed by atoms with E-state index in [1.807, 2.05) is 36.4 Å². The Hall–Kier alpha value is -2.04. The number of nitrogens with zero attached hydrogens (tertiary/aromatic N) is 1. The fourth-order valence-electron chi connectivity index (χ4n) is 1.93. The second-order valence-electron chi connectivity index (χ2n) is 4.51. The summed E-state index contributed by atoms with van der Waals surface area (Å²) in [6, 6.07) is 11.8. The van der Waals surface area contributed by atoms with Gasteiger partial charge in [-0.15, -0.1) is 12.4 Å². The van der Waals surface area contributed by atoms with E-state index < -0.39 is 0 Å². The maximum atomic E-state index is 5.53. The van der Waals surface area contributed by atoms with Crippen molar-refractivity contribution in [3.63, 3.8) is 0 Å². The number of nitrogens with one attached hydrogen (secondary N) is 1. The van der Waals surface area contributed by atoms with Crippen LogP contribution < -0.4 is 14.8 Å². The highest BCUT2D eigenvalue weighted by Crippen LogP contribution is 2.28. The van der Waals surface area contributed by atoms with Gasteiger partial charge in [0.15, 0.2) is 11.5 Å². The molecule has 2 aromatic rings. The average Bonchev–Trinajstić information content (AvgIpc) is 2.54. The van der Waals surface area contributed by atoms with Gasteiger partial charge in [0.05, 0.1) is 12.8 Å². The van der Waals surface area contributed by atoms with Crippen molar-refractivity contribution >= 4 is 12.4 Å². The summed E-state index contributed by atoms with van der Waals surface area (Å²) in [5.41, 5.74) is 2.16. The van der Waals surface area contributed by atoms with E-state index in [1.54, 1.807) is 19.4 Å². The fraction of sp³-hybridized carbons (Fsp3) is 0.235. The molecule has 0 atom stereocenters. The third-order valence-electron chi connectivity index (χ3n) is 2.95. The van der Waals surface area contributed by atoms with E-state index >= 15 is 0 Å². The molecule has 0 aliphatic rings. The zero-order chi connectivity index (χ0) is 14.9. The first-order chi connectivity index (χ1) is 10.3. The summed E-state index contributed by atoms with van der Waals surface area (Å²) in [6.45, 7) is 5.58. The molecule has 0 saturated heterocycles. The Morgan fingerprint density at radius 3 is 2.73 bits per heavy atom. The molecule has 22 heavy (non-hydrogen) atoms. The lowest BCUT2D eigenvalue weighted by atomic mass is 10.2. The van der Waals surface area contributed by atoms with Gasteiger partial charge in [-0.2, -0.15) is 0 Å². The van der Waals surface area contributed by atoms with Crippen LogP contribution in [0.3, 0.4) is 0 Å². The number of benzene rings is 1. The number of halogens is 1. The van der Waals surface area contributed by atoms with Crippen LogP contribution in [0.4, 0.5) is 0 Å². The van der Waals surface area contributed by atoms with Gasteiger partial charge in [0.2, 0.25) is 0 Å². The second-order valence-corrected chi connectivity index (χ2v) is 4.51. The van der Waals surface area contributed by atoms with Crippen molar-refractivity contribution in [2.45, 2.75) is 13.1 Å². The highest BCUT2D eigenvalue weighted by atomic mass is 35.5. The first kappa shape index (κ1) is 18.0. The van der Waals surface area contributed by atoms with Crippen LogP contribution in [-0.4, -0.2) is 18.7 Å². The smallest absolute Gasteiger partial charge is 0.161 e. The molecule has 0 unspecified atom stereocenters. The summed E-state index contributed by atoms with van der Waals surface area (Å²) in [6.07, 6.45) is 3.51. The lowest BCUT2D eigenvalue weighted by Gasteiger charge is -2.11. The predicted molar refractivity (Wildman–Crippen MR) is 90.7 cm³/mol. The van der Waals surface area contributed by atoms with Crippen LogP contribution in [-0.2, 0) is 13.1 Å². The lowest BCUT2D eigenvalue weighted by Crippen LogP contribution is -2.13. The van der Waals surface area contributed by atoms with Crippen molar-refractivity contribution in [3.05, 3.63) is 66.5 Å². The average molecular weight is 321 g/mol. The van der Waals surface area contributed by atoms with Crippen molar-refractivity contribution in [2.24, 2.45) is 0 Å². The van der Waals surface area contributed by atoms with Crippen molar-refractivity contribution < 1.29 is 9.47 Å². The minimum atomic E-state index is 0. The maximum Gasteiger partial charge on any atom is 0.161 e. The van der Waals surface area contributed by atoms with Crippen LogP contribution in [0.5, 0.6) is 11.5 Å². The number of hydrogen-bond donors (Lipinski definition) is 1. The molecule has 0 amide bonds. The molecule has 0 saturated carbocycles. The SMILES string of the molecule is C=CCOc1ccc(CNCc2ccccn2)cc1OC.Cl. The Balaban J connectivity index is 0.00000242. The van der Waals surface area contributed by atoms with Gasteiger partial charge in [0.1, 0.15) is 6.61 Å². The number of pyridine rings is 1. The fourth-order valence-corrected chi connectivity index (χ4v) is 1.93. The molecular formula is C17H21ClN2O2. The summed E-state index contributed by atoms with van der Waals surface area (Å²) in [5.74, 6) is 1.46. The van der Waals surface area contributed by atoms with Gasteiger partial charge < -0.3 is 14.8 Å². The molecule has 1 heterocycles. The topological polar surface area (TPSA) is 43.4 Å². The van der Waals surface area contributed by atoms with E-state index in [4.69, 9.17) is 9.47 Å². The van der Waals surface area contributed by atoms with Gasteiger partial charge >= 0.3 is 0 Å². The summed E-state index contributed by atoms with van der Waals surface area (Å²) < 4.78 is 10.9. The zero-order valence-corrected chi connectivity index (χ0v) is 13.4. The molecular weight excluding hydrogens is 300 g/mol.